The Hall–Kier alpha value is -2.48. The molecule has 2 rings (SSSR count). The maximum Gasteiger partial charge on any atom is 0.302 e. The van der Waals surface area contributed by atoms with Crippen LogP contribution in [-0.2, 0) is 16.0 Å². The lowest BCUT2D eigenvalue weighted by Crippen LogP contribution is -2.45. The van der Waals surface area contributed by atoms with Crippen molar-refractivity contribution in [3.8, 4) is 11.5 Å². The van der Waals surface area contributed by atoms with E-state index in [9.17, 15) is 15.0 Å². The molecule has 0 heterocycles. The molecule has 1 aromatic carbocycles. The smallest absolute Gasteiger partial charge is 0.302 e. The zero-order chi connectivity index (χ0) is 23.5. The number of aromatic hydroxyl groups is 1. The highest BCUT2D eigenvalue weighted by atomic mass is 16.5. The molecule has 0 aliphatic heterocycles. The summed E-state index contributed by atoms with van der Waals surface area (Å²) in [6.45, 7) is 1.39. The molecule has 0 aromatic heterocycles. The van der Waals surface area contributed by atoms with Crippen molar-refractivity contribution < 1.29 is 24.5 Å². The van der Waals surface area contributed by atoms with Crippen LogP contribution in [0.4, 0.5) is 0 Å². The van der Waals surface area contributed by atoms with Crippen LogP contribution < -0.4 is 15.8 Å². The number of aliphatic hydroxyl groups is 1. The van der Waals surface area contributed by atoms with Crippen molar-refractivity contribution in [2.24, 2.45) is 16.6 Å². The van der Waals surface area contributed by atoms with E-state index in [1.54, 1.807) is 19.2 Å². The number of methoxy groups -OCH3 is 1. The topological polar surface area (TPSA) is 126 Å². The number of benzene rings is 1. The molecule has 4 unspecified atom stereocenters. The number of phenols is 1. The molecule has 0 radical (unpaired) electrons. The molecule has 0 saturated heterocycles. The number of nitrogens with zero attached hydrogens (tertiary/aromatic N) is 1. The van der Waals surface area contributed by atoms with Crippen LogP contribution in [0.2, 0.25) is 0 Å². The van der Waals surface area contributed by atoms with Crippen LogP contribution in [0.3, 0.4) is 0 Å². The molecule has 0 spiro atoms. The molecule has 5 N–H and O–H groups in total. The van der Waals surface area contributed by atoms with Crippen LogP contribution in [0.1, 0.15) is 63.9 Å². The fourth-order valence-corrected chi connectivity index (χ4v) is 4.49. The van der Waals surface area contributed by atoms with E-state index in [0.29, 0.717) is 43.3 Å². The lowest BCUT2D eigenvalue weighted by atomic mass is 9.81. The van der Waals surface area contributed by atoms with Gasteiger partial charge in [0.25, 0.3) is 0 Å². The minimum absolute atomic E-state index is 0.0886. The predicted molar refractivity (Wildman–Crippen MR) is 125 cm³/mol. The van der Waals surface area contributed by atoms with Crippen LogP contribution in [0.25, 0.3) is 0 Å². The summed E-state index contributed by atoms with van der Waals surface area (Å²) >= 11 is 0. The Labute approximate surface area is 191 Å². The molecule has 4 atom stereocenters. The summed E-state index contributed by atoms with van der Waals surface area (Å²) in [5, 5.41) is 23.7. The standard InChI is InChI=1S/C24H39N3O5/c1-16(28)32-20(12-8-17-9-13-22(30)23(14-17)31-3)15-19(29)11-10-18-6-4-5-7-21(18)27-24(25)26-2/h9,13-14,18-21,29-30H,4-8,10-12,15H2,1-3H3,(H3,25,26,27). The molecular weight excluding hydrogens is 410 g/mol. The van der Waals surface area contributed by atoms with Gasteiger partial charge in [0.05, 0.1) is 13.2 Å². The Morgan fingerprint density at radius 3 is 2.75 bits per heavy atom. The number of esters is 1. The zero-order valence-electron chi connectivity index (χ0n) is 19.5. The Balaban J connectivity index is 1.88. The highest BCUT2D eigenvalue weighted by molar-refractivity contribution is 5.78. The van der Waals surface area contributed by atoms with E-state index in [1.165, 1.54) is 26.9 Å². The molecule has 0 amide bonds. The highest BCUT2D eigenvalue weighted by Gasteiger charge is 2.27. The number of nitrogens with one attached hydrogen (secondary N) is 1. The van der Waals surface area contributed by atoms with E-state index in [1.807, 2.05) is 6.07 Å². The van der Waals surface area contributed by atoms with E-state index in [4.69, 9.17) is 15.2 Å². The second-order valence-electron chi connectivity index (χ2n) is 8.65. The van der Waals surface area contributed by atoms with Crippen LogP contribution in [0.15, 0.2) is 23.2 Å². The van der Waals surface area contributed by atoms with Crippen molar-refractivity contribution in [2.45, 2.75) is 83.0 Å². The van der Waals surface area contributed by atoms with Gasteiger partial charge in [-0.15, -0.1) is 0 Å². The molecule has 1 aliphatic carbocycles. The van der Waals surface area contributed by atoms with Gasteiger partial charge in [-0.25, -0.2) is 0 Å². The first-order chi connectivity index (χ1) is 15.3. The SMILES string of the molecule is CN=C(N)NC1CCCCC1CCC(O)CC(CCc1ccc(O)c(OC)c1)OC(C)=O. The molecule has 1 fully saturated rings. The Morgan fingerprint density at radius 1 is 1.31 bits per heavy atom. The van der Waals surface area contributed by atoms with Gasteiger partial charge >= 0.3 is 5.97 Å². The van der Waals surface area contributed by atoms with Gasteiger partial charge in [0, 0.05) is 26.4 Å². The number of hydrogen-bond acceptors (Lipinski definition) is 6. The van der Waals surface area contributed by atoms with Crippen molar-refractivity contribution >= 4 is 11.9 Å². The number of hydrogen-bond donors (Lipinski definition) is 4. The maximum absolute atomic E-state index is 11.6. The highest BCUT2D eigenvalue weighted by Crippen LogP contribution is 2.30. The monoisotopic (exact) mass is 449 g/mol. The van der Waals surface area contributed by atoms with Crippen molar-refractivity contribution in [2.75, 3.05) is 14.2 Å². The number of phenolic OH excluding ortho intramolecular Hbond substituents is 1. The number of aliphatic hydroxyl groups excluding tert-OH is 1. The third-order valence-electron chi connectivity index (χ3n) is 6.22. The summed E-state index contributed by atoms with van der Waals surface area (Å²) in [5.74, 6) is 1.05. The molecule has 1 saturated carbocycles. The molecule has 8 heteroatoms. The summed E-state index contributed by atoms with van der Waals surface area (Å²) in [6.07, 6.45) is 6.78. The van der Waals surface area contributed by atoms with E-state index >= 15 is 0 Å². The number of aliphatic imine (C=N–C) groups is 1. The normalized spacial score (nSPS) is 20.9. The Kier molecular flexibility index (Phi) is 10.6. The van der Waals surface area contributed by atoms with Crippen LogP contribution >= 0.6 is 0 Å². The van der Waals surface area contributed by atoms with Gasteiger partial charge in [0.2, 0.25) is 0 Å². The number of aryl methyl sites for hydroxylation is 1. The van der Waals surface area contributed by atoms with E-state index in [0.717, 1.165) is 24.8 Å². The van der Waals surface area contributed by atoms with Gasteiger partial charge in [-0.2, -0.15) is 0 Å². The molecular formula is C24H39N3O5. The first-order valence-corrected chi connectivity index (χ1v) is 11.5. The Morgan fingerprint density at radius 2 is 2.06 bits per heavy atom. The molecule has 8 nitrogen and oxygen atoms in total. The maximum atomic E-state index is 11.6. The van der Waals surface area contributed by atoms with Crippen molar-refractivity contribution in [3.63, 3.8) is 0 Å². The minimum Gasteiger partial charge on any atom is -0.504 e. The van der Waals surface area contributed by atoms with E-state index in [-0.39, 0.29) is 23.9 Å². The molecule has 1 aliphatic rings. The summed E-state index contributed by atoms with van der Waals surface area (Å²) in [4.78, 5) is 15.6. The van der Waals surface area contributed by atoms with E-state index in [2.05, 4.69) is 10.3 Å². The minimum atomic E-state index is -0.548. The number of ether oxygens (including phenoxy) is 2. The fraction of sp³-hybridized carbons (Fsp3) is 0.667. The van der Waals surface area contributed by atoms with Crippen molar-refractivity contribution in [1.82, 2.24) is 5.32 Å². The second kappa shape index (κ2) is 13.2. The molecule has 32 heavy (non-hydrogen) atoms. The predicted octanol–water partition coefficient (Wildman–Crippen LogP) is 2.89. The van der Waals surface area contributed by atoms with Gasteiger partial charge in [0.1, 0.15) is 6.10 Å². The lowest BCUT2D eigenvalue weighted by Gasteiger charge is -2.33. The van der Waals surface area contributed by atoms with Gasteiger partial charge in [-0.3, -0.25) is 9.79 Å². The molecule has 180 valence electrons. The van der Waals surface area contributed by atoms with Crippen LogP contribution in [0.5, 0.6) is 11.5 Å². The third kappa shape index (κ3) is 8.57. The summed E-state index contributed by atoms with van der Waals surface area (Å²) in [7, 11) is 3.18. The second-order valence-corrected chi connectivity index (χ2v) is 8.65. The molecule has 0 bridgehead atoms. The van der Waals surface area contributed by atoms with Gasteiger partial charge in [-0.05, 0) is 62.1 Å². The van der Waals surface area contributed by atoms with Crippen molar-refractivity contribution in [1.29, 1.82) is 0 Å². The number of carbonyl (C=O) groups excluding carboxylic acids is 1. The third-order valence-corrected chi connectivity index (χ3v) is 6.22. The van der Waals surface area contributed by atoms with Crippen LogP contribution in [-0.4, -0.2) is 54.5 Å². The number of guanidine groups is 1. The number of carbonyl (C=O) groups is 1. The quantitative estimate of drug-likeness (QED) is 0.232. The first-order valence-electron chi connectivity index (χ1n) is 11.5. The van der Waals surface area contributed by atoms with Crippen molar-refractivity contribution in [3.05, 3.63) is 23.8 Å². The number of rotatable bonds is 11. The Bertz CT molecular complexity index is 755. The summed E-state index contributed by atoms with van der Waals surface area (Å²) in [5.41, 5.74) is 6.83. The van der Waals surface area contributed by atoms with Crippen LogP contribution in [0, 0.1) is 5.92 Å². The average Bonchev–Trinajstić information content (AvgIpc) is 2.77. The van der Waals surface area contributed by atoms with Gasteiger partial charge < -0.3 is 30.7 Å². The summed E-state index contributed by atoms with van der Waals surface area (Å²) in [6, 6.07) is 5.47. The first kappa shape index (κ1) is 25.8. The van der Waals surface area contributed by atoms with Gasteiger partial charge in [-0.1, -0.05) is 18.9 Å². The zero-order valence-corrected chi connectivity index (χ0v) is 19.5. The number of nitrogens with two attached hydrogens (primary N) is 1. The van der Waals surface area contributed by atoms with E-state index < -0.39 is 6.10 Å². The fourth-order valence-electron chi connectivity index (χ4n) is 4.49. The lowest BCUT2D eigenvalue weighted by molar-refractivity contribution is -0.148. The average molecular weight is 450 g/mol. The molecule has 1 aromatic rings. The largest absolute Gasteiger partial charge is 0.504 e. The summed E-state index contributed by atoms with van der Waals surface area (Å²) < 4.78 is 10.6. The van der Waals surface area contributed by atoms with Gasteiger partial charge in [0.15, 0.2) is 17.5 Å².